The van der Waals surface area contributed by atoms with Gasteiger partial charge in [0, 0.05) is 32.3 Å². The third-order valence-corrected chi connectivity index (χ3v) is 5.34. The minimum absolute atomic E-state index is 0.00953. The summed E-state index contributed by atoms with van der Waals surface area (Å²) in [6, 6.07) is 6.47. The van der Waals surface area contributed by atoms with Gasteiger partial charge in [0.05, 0.1) is 10.5 Å². The predicted molar refractivity (Wildman–Crippen MR) is 92.1 cm³/mol. The molecule has 0 unspecified atom stereocenters. The zero-order valence-corrected chi connectivity index (χ0v) is 14.9. The van der Waals surface area contributed by atoms with Crippen LogP contribution in [0.3, 0.4) is 0 Å². The molecule has 0 saturated carbocycles. The van der Waals surface area contributed by atoms with Crippen molar-refractivity contribution in [1.29, 1.82) is 5.26 Å². The molecule has 0 fully saturated rings. The number of nitrogens with zero attached hydrogens (tertiary/aromatic N) is 3. The minimum Gasteiger partial charge on any atom is -0.361 e. The number of hydrogen-bond donors (Lipinski definition) is 0. The molecule has 1 aromatic heterocycles. The van der Waals surface area contributed by atoms with Crippen LogP contribution in [0.2, 0.25) is 25.7 Å². The molecule has 2 aromatic rings. The summed E-state index contributed by atoms with van der Waals surface area (Å²) in [6.45, 7) is 9.42. The second kappa shape index (κ2) is 6.52. The minimum atomic E-state index is -1.18. The molecular weight excluding hydrogens is 310 g/mol. The van der Waals surface area contributed by atoms with Gasteiger partial charge in [-0.15, -0.1) is 0 Å². The fraction of sp³-hybridized carbons (Fsp3) is 0.438. The van der Waals surface area contributed by atoms with Crippen LogP contribution in [0.4, 0.5) is 5.69 Å². The Balaban J connectivity index is 2.36. The summed E-state index contributed by atoms with van der Waals surface area (Å²) in [5.74, 6) is 0. The average molecular weight is 331 g/mol. The van der Waals surface area contributed by atoms with Crippen LogP contribution in [-0.2, 0) is 11.5 Å². The highest BCUT2D eigenvalue weighted by Crippen LogP contribution is 2.31. The van der Waals surface area contributed by atoms with E-state index in [2.05, 4.69) is 25.7 Å². The monoisotopic (exact) mass is 331 g/mol. The number of aromatic nitrogens is 1. The maximum atomic E-state index is 11.4. The maximum Gasteiger partial charge on any atom is 0.293 e. The summed E-state index contributed by atoms with van der Waals surface area (Å²) in [5.41, 5.74) is 1.65. The Labute approximate surface area is 136 Å². The second-order valence-corrected chi connectivity index (χ2v) is 12.5. The lowest BCUT2D eigenvalue weighted by molar-refractivity contribution is -0.383. The van der Waals surface area contributed by atoms with Crippen LogP contribution >= 0.6 is 0 Å². The Morgan fingerprint density at radius 1 is 1.39 bits per heavy atom. The van der Waals surface area contributed by atoms with E-state index in [0.717, 1.165) is 11.6 Å². The van der Waals surface area contributed by atoms with Gasteiger partial charge in [-0.3, -0.25) is 10.1 Å². The van der Waals surface area contributed by atoms with Crippen molar-refractivity contribution in [2.24, 2.45) is 0 Å². The molecule has 0 saturated heterocycles. The van der Waals surface area contributed by atoms with Crippen molar-refractivity contribution < 1.29 is 9.66 Å². The number of aryl methyl sites for hydroxylation is 1. The van der Waals surface area contributed by atoms with Crippen molar-refractivity contribution in [3.63, 3.8) is 0 Å². The fourth-order valence-electron chi connectivity index (χ4n) is 2.43. The number of non-ortho nitro benzene ring substituents is 1. The number of rotatable bonds is 6. The molecule has 0 N–H and O–H groups in total. The Kier molecular flexibility index (Phi) is 4.87. The predicted octanol–water partition coefficient (Wildman–Crippen LogP) is 4.04. The third kappa shape index (κ3) is 3.97. The summed E-state index contributed by atoms with van der Waals surface area (Å²) >= 11 is 0. The molecule has 0 aliphatic rings. The summed E-state index contributed by atoms with van der Waals surface area (Å²) in [7, 11) is -1.18. The average Bonchev–Trinajstić information content (AvgIpc) is 2.79. The normalized spacial score (nSPS) is 11.6. The topological polar surface area (TPSA) is 81.1 Å². The van der Waals surface area contributed by atoms with Gasteiger partial charge >= 0.3 is 0 Å². The van der Waals surface area contributed by atoms with E-state index in [9.17, 15) is 15.4 Å². The van der Waals surface area contributed by atoms with Crippen LogP contribution in [0.5, 0.6) is 0 Å². The molecule has 0 radical (unpaired) electrons. The number of nitriles is 1. The molecule has 122 valence electrons. The number of hydrogen-bond acceptors (Lipinski definition) is 4. The second-order valence-electron chi connectivity index (χ2n) is 6.91. The molecule has 0 aliphatic carbocycles. The van der Waals surface area contributed by atoms with Gasteiger partial charge < -0.3 is 9.30 Å². The fourth-order valence-corrected chi connectivity index (χ4v) is 3.18. The van der Waals surface area contributed by atoms with Crippen LogP contribution in [-0.4, -0.2) is 24.2 Å². The third-order valence-electron chi connectivity index (χ3n) is 3.64. The lowest BCUT2D eigenvalue weighted by atomic mass is 10.1. The molecule has 0 spiro atoms. The van der Waals surface area contributed by atoms with Gasteiger partial charge in [0.1, 0.15) is 18.3 Å². The molecule has 0 bridgehead atoms. The van der Waals surface area contributed by atoms with Gasteiger partial charge in [-0.1, -0.05) is 19.6 Å². The molecule has 7 heteroatoms. The lowest BCUT2D eigenvalue weighted by Gasteiger charge is -2.15. The Morgan fingerprint density at radius 2 is 2.09 bits per heavy atom. The van der Waals surface area contributed by atoms with Gasteiger partial charge in [0.25, 0.3) is 5.69 Å². The van der Waals surface area contributed by atoms with Gasteiger partial charge in [-0.2, -0.15) is 5.26 Å². The highest BCUT2D eigenvalue weighted by Gasteiger charge is 2.20. The molecule has 23 heavy (non-hydrogen) atoms. The van der Waals surface area contributed by atoms with Gasteiger partial charge in [-0.05, 0) is 24.6 Å². The largest absolute Gasteiger partial charge is 0.361 e. The summed E-state index contributed by atoms with van der Waals surface area (Å²) in [5, 5.41) is 21.2. The van der Waals surface area contributed by atoms with Gasteiger partial charge in [0.2, 0.25) is 0 Å². The van der Waals surface area contributed by atoms with E-state index in [1.807, 2.05) is 0 Å². The molecule has 6 nitrogen and oxygen atoms in total. The smallest absolute Gasteiger partial charge is 0.293 e. The first-order valence-electron chi connectivity index (χ1n) is 7.48. The van der Waals surface area contributed by atoms with E-state index < -0.39 is 13.0 Å². The summed E-state index contributed by atoms with van der Waals surface area (Å²) in [6.07, 6.45) is 1.63. The number of ether oxygens (including phenoxy) is 1. The van der Waals surface area contributed by atoms with E-state index in [-0.39, 0.29) is 12.4 Å². The van der Waals surface area contributed by atoms with Crippen LogP contribution in [0.25, 0.3) is 10.9 Å². The maximum absolute atomic E-state index is 11.4. The summed E-state index contributed by atoms with van der Waals surface area (Å²) in [4.78, 5) is 10.9. The van der Waals surface area contributed by atoms with E-state index in [4.69, 9.17) is 4.74 Å². The molecule has 1 aromatic carbocycles. The van der Waals surface area contributed by atoms with Crippen LogP contribution in [0, 0.1) is 28.4 Å². The standard InChI is InChI=1S/C16H21N3O3Si/c1-12-7-14-13(9-17)10-18(11-22-5-6-23(2,3)4)16(14)15(8-12)19(20)21/h7-8,10H,5-6,11H2,1-4H3. The van der Waals surface area contributed by atoms with E-state index in [1.54, 1.807) is 23.8 Å². The molecule has 0 atom stereocenters. The zero-order valence-electron chi connectivity index (χ0n) is 13.9. The number of nitro benzene ring substituents is 1. The van der Waals surface area contributed by atoms with Crippen molar-refractivity contribution >= 4 is 24.7 Å². The quantitative estimate of drug-likeness (QED) is 0.346. The van der Waals surface area contributed by atoms with Gasteiger partial charge in [-0.25, -0.2) is 0 Å². The number of fused-ring (bicyclic) bond motifs is 1. The SMILES string of the molecule is Cc1cc([N+](=O)[O-])c2c(c1)c(C#N)cn2COCC[Si](C)(C)C. The highest BCUT2D eigenvalue weighted by molar-refractivity contribution is 6.76. The Morgan fingerprint density at radius 3 is 2.65 bits per heavy atom. The van der Waals surface area contributed by atoms with E-state index >= 15 is 0 Å². The van der Waals surface area contributed by atoms with Crippen molar-refractivity contribution in [1.82, 2.24) is 4.57 Å². The highest BCUT2D eigenvalue weighted by atomic mass is 28.3. The van der Waals surface area contributed by atoms with Crippen molar-refractivity contribution in [3.05, 3.63) is 39.6 Å². The lowest BCUT2D eigenvalue weighted by Crippen LogP contribution is -2.22. The molecule has 0 aliphatic heterocycles. The Bertz CT molecular complexity index is 784. The van der Waals surface area contributed by atoms with Crippen LogP contribution in [0.15, 0.2) is 18.3 Å². The van der Waals surface area contributed by atoms with E-state index in [0.29, 0.717) is 23.1 Å². The first-order chi connectivity index (χ1) is 10.7. The number of nitro groups is 1. The van der Waals surface area contributed by atoms with Crippen molar-refractivity contribution in [3.8, 4) is 6.07 Å². The molecule has 2 rings (SSSR count). The van der Waals surface area contributed by atoms with Crippen LogP contribution in [0.1, 0.15) is 11.1 Å². The summed E-state index contributed by atoms with van der Waals surface area (Å²) < 4.78 is 7.35. The number of benzene rings is 1. The first kappa shape index (κ1) is 17.2. The molecule has 0 amide bonds. The Hall–Kier alpha value is -2.17. The van der Waals surface area contributed by atoms with Crippen molar-refractivity contribution in [2.45, 2.75) is 39.3 Å². The van der Waals surface area contributed by atoms with Crippen molar-refractivity contribution in [2.75, 3.05) is 6.61 Å². The zero-order chi connectivity index (χ0) is 17.2. The first-order valence-corrected chi connectivity index (χ1v) is 11.2. The van der Waals surface area contributed by atoms with Crippen LogP contribution < -0.4 is 0 Å². The van der Waals surface area contributed by atoms with E-state index in [1.165, 1.54) is 6.07 Å². The molecular formula is C16H21N3O3Si. The molecule has 1 heterocycles. The van der Waals surface area contributed by atoms with Gasteiger partial charge in [0.15, 0.2) is 0 Å².